The fraction of sp³-hybridized carbons (Fsp3) is 0.308. The topological polar surface area (TPSA) is 25.4 Å². The van der Waals surface area contributed by atoms with E-state index in [1.165, 1.54) is 0 Å². The molecule has 2 aromatic rings. The molecule has 1 heterocycles. The minimum Gasteiger partial charge on any atom is -0.497 e. The van der Waals surface area contributed by atoms with Crippen molar-refractivity contribution in [3.8, 4) is 5.75 Å². The number of halogens is 3. The van der Waals surface area contributed by atoms with Crippen LogP contribution in [-0.2, 0) is 12.7 Å². The molecule has 0 atom stereocenters. The number of anilines is 1. The zero-order valence-corrected chi connectivity index (χ0v) is 11.8. The van der Waals surface area contributed by atoms with E-state index in [9.17, 15) is 13.2 Å². The lowest BCUT2D eigenvalue weighted by atomic mass is 10.2. The molecule has 1 aromatic carbocycles. The molecule has 7 heteroatoms. The van der Waals surface area contributed by atoms with Crippen molar-refractivity contribution in [2.24, 2.45) is 0 Å². The molecule has 0 saturated carbocycles. The van der Waals surface area contributed by atoms with Crippen LogP contribution < -0.4 is 9.64 Å². The molecule has 0 aliphatic carbocycles. The van der Waals surface area contributed by atoms with Crippen molar-refractivity contribution in [1.29, 1.82) is 0 Å². The van der Waals surface area contributed by atoms with Crippen LogP contribution in [0.4, 0.5) is 18.3 Å². The molecule has 108 valence electrons. The van der Waals surface area contributed by atoms with Gasteiger partial charge in [0.25, 0.3) is 0 Å². The van der Waals surface area contributed by atoms with Crippen molar-refractivity contribution >= 4 is 16.5 Å². The molecule has 0 aliphatic heterocycles. The number of benzene rings is 1. The Hall–Kier alpha value is -1.76. The van der Waals surface area contributed by atoms with Crippen molar-refractivity contribution in [3.63, 3.8) is 0 Å². The monoisotopic (exact) mass is 302 g/mol. The zero-order chi connectivity index (χ0) is 14.8. The van der Waals surface area contributed by atoms with Crippen molar-refractivity contribution in [3.05, 3.63) is 40.9 Å². The third-order valence-electron chi connectivity index (χ3n) is 2.69. The smallest absolute Gasteiger partial charge is 0.434 e. The molecule has 20 heavy (non-hydrogen) atoms. The second-order valence-electron chi connectivity index (χ2n) is 4.22. The fourth-order valence-electron chi connectivity index (χ4n) is 1.64. The Morgan fingerprint density at radius 1 is 1.25 bits per heavy atom. The number of hydrogen-bond donors (Lipinski definition) is 0. The van der Waals surface area contributed by atoms with Gasteiger partial charge in [0.15, 0.2) is 10.8 Å². The van der Waals surface area contributed by atoms with Crippen LogP contribution in [0.1, 0.15) is 11.3 Å². The summed E-state index contributed by atoms with van der Waals surface area (Å²) in [5.74, 6) is 0.741. The molecule has 0 aliphatic rings. The Morgan fingerprint density at radius 2 is 1.90 bits per heavy atom. The summed E-state index contributed by atoms with van der Waals surface area (Å²) in [6.07, 6.45) is -4.39. The lowest BCUT2D eigenvalue weighted by Crippen LogP contribution is -2.16. The summed E-state index contributed by atoms with van der Waals surface area (Å²) in [6.45, 7) is 0.481. The van der Waals surface area contributed by atoms with Gasteiger partial charge in [-0.2, -0.15) is 13.2 Å². The van der Waals surface area contributed by atoms with Crippen LogP contribution in [0.15, 0.2) is 29.6 Å². The third kappa shape index (κ3) is 3.41. The molecule has 0 spiro atoms. The predicted molar refractivity (Wildman–Crippen MR) is 72.2 cm³/mol. The molecule has 0 saturated heterocycles. The van der Waals surface area contributed by atoms with E-state index in [2.05, 4.69) is 4.98 Å². The first-order valence-corrected chi connectivity index (χ1v) is 6.65. The summed E-state index contributed by atoms with van der Waals surface area (Å²) >= 11 is 0.982. The van der Waals surface area contributed by atoms with Gasteiger partial charge in [-0.15, -0.1) is 11.3 Å². The Bertz CT molecular complexity index is 566. The molecule has 0 unspecified atom stereocenters. The second kappa shape index (κ2) is 5.70. The molecule has 2 rings (SSSR count). The normalized spacial score (nSPS) is 11.4. The average molecular weight is 302 g/mol. The van der Waals surface area contributed by atoms with Gasteiger partial charge in [0.1, 0.15) is 5.75 Å². The van der Waals surface area contributed by atoms with E-state index in [-0.39, 0.29) is 0 Å². The number of aromatic nitrogens is 1. The first-order valence-electron chi connectivity index (χ1n) is 5.77. The highest BCUT2D eigenvalue weighted by Gasteiger charge is 2.34. The number of alkyl halides is 3. The summed E-state index contributed by atoms with van der Waals surface area (Å²) in [5, 5.41) is 1.37. The van der Waals surface area contributed by atoms with Gasteiger partial charge >= 0.3 is 6.18 Å². The van der Waals surface area contributed by atoms with Crippen LogP contribution in [0.5, 0.6) is 5.75 Å². The Labute approximate surface area is 118 Å². The van der Waals surface area contributed by atoms with Gasteiger partial charge in [-0.3, -0.25) is 0 Å². The first-order chi connectivity index (χ1) is 9.40. The number of nitrogens with zero attached hydrogens (tertiary/aromatic N) is 2. The Balaban J connectivity index is 2.07. The van der Waals surface area contributed by atoms with Gasteiger partial charge in [0.05, 0.1) is 7.11 Å². The van der Waals surface area contributed by atoms with Crippen LogP contribution in [0.2, 0.25) is 0 Å². The highest BCUT2D eigenvalue weighted by atomic mass is 32.1. The maximum atomic E-state index is 12.5. The third-order valence-corrected chi connectivity index (χ3v) is 3.64. The molecule has 0 amide bonds. The van der Waals surface area contributed by atoms with Crippen LogP contribution in [0.3, 0.4) is 0 Å². The summed E-state index contributed by atoms with van der Waals surface area (Å²) in [4.78, 5) is 5.29. The molecule has 1 aromatic heterocycles. The van der Waals surface area contributed by atoms with E-state index in [0.29, 0.717) is 11.7 Å². The lowest BCUT2D eigenvalue weighted by molar-refractivity contribution is -0.140. The minimum absolute atomic E-state index is 0.341. The van der Waals surface area contributed by atoms with Crippen molar-refractivity contribution in [2.75, 3.05) is 19.1 Å². The molecule has 0 N–H and O–H groups in total. The van der Waals surface area contributed by atoms with Gasteiger partial charge in [0, 0.05) is 19.0 Å². The number of ether oxygens (including phenoxy) is 1. The van der Waals surface area contributed by atoms with Crippen LogP contribution >= 0.6 is 11.3 Å². The zero-order valence-electron chi connectivity index (χ0n) is 10.9. The van der Waals surface area contributed by atoms with Gasteiger partial charge in [-0.05, 0) is 17.7 Å². The summed E-state index contributed by atoms with van der Waals surface area (Å²) in [7, 11) is 3.29. The van der Waals surface area contributed by atoms with E-state index in [0.717, 1.165) is 28.0 Å². The van der Waals surface area contributed by atoms with Crippen LogP contribution in [-0.4, -0.2) is 19.1 Å². The molecular weight excluding hydrogens is 289 g/mol. The molecule has 0 bridgehead atoms. The summed E-state index contributed by atoms with van der Waals surface area (Å²) in [6, 6.07) is 7.36. The summed E-state index contributed by atoms with van der Waals surface area (Å²) < 4.78 is 42.5. The van der Waals surface area contributed by atoms with Gasteiger partial charge < -0.3 is 9.64 Å². The maximum absolute atomic E-state index is 12.5. The van der Waals surface area contributed by atoms with Crippen molar-refractivity contribution < 1.29 is 17.9 Å². The minimum atomic E-state index is -4.39. The van der Waals surface area contributed by atoms with Crippen molar-refractivity contribution in [1.82, 2.24) is 4.98 Å². The number of thiazole rings is 1. The number of rotatable bonds is 4. The summed E-state index contributed by atoms with van der Waals surface area (Å²) in [5.41, 5.74) is 0.121. The van der Waals surface area contributed by atoms with Gasteiger partial charge in [-0.25, -0.2) is 4.98 Å². The van der Waals surface area contributed by atoms with Crippen LogP contribution in [0.25, 0.3) is 0 Å². The van der Waals surface area contributed by atoms with E-state index >= 15 is 0 Å². The largest absolute Gasteiger partial charge is 0.497 e. The maximum Gasteiger partial charge on any atom is 0.434 e. The fourth-order valence-corrected chi connectivity index (χ4v) is 2.44. The molecular formula is C13H13F3N2OS. The lowest BCUT2D eigenvalue weighted by Gasteiger charge is -2.16. The first kappa shape index (κ1) is 14.6. The van der Waals surface area contributed by atoms with E-state index in [1.54, 1.807) is 19.1 Å². The predicted octanol–water partition coefficient (Wildman–Crippen LogP) is 3.81. The SMILES string of the molecule is COc1ccc(CN(C)c2nc(C(F)(F)F)cs2)cc1. The number of hydrogen-bond acceptors (Lipinski definition) is 4. The quantitative estimate of drug-likeness (QED) is 0.859. The van der Waals surface area contributed by atoms with Gasteiger partial charge in [0.2, 0.25) is 0 Å². The average Bonchev–Trinajstić information content (AvgIpc) is 2.89. The Kier molecular flexibility index (Phi) is 4.17. The van der Waals surface area contributed by atoms with E-state index in [4.69, 9.17) is 4.74 Å². The van der Waals surface area contributed by atoms with E-state index in [1.807, 2.05) is 24.3 Å². The molecule has 3 nitrogen and oxygen atoms in total. The standard InChI is InChI=1S/C13H13F3N2OS/c1-18(7-9-3-5-10(19-2)6-4-9)12-17-11(8-20-12)13(14,15)16/h3-6,8H,7H2,1-2H3. The molecule has 0 radical (unpaired) electrons. The van der Waals surface area contributed by atoms with Gasteiger partial charge in [-0.1, -0.05) is 12.1 Å². The Morgan fingerprint density at radius 3 is 2.40 bits per heavy atom. The van der Waals surface area contributed by atoms with Crippen molar-refractivity contribution in [2.45, 2.75) is 12.7 Å². The highest BCUT2D eigenvalue weighted by molar-refractivity contribution is 7.13. The highest BCUT2D eigenvalue weighted by Crippen LogP contribution is 2.33. The molecule has 0 fully saturated rings. The van der Waals surface area contributed by atoms with E-state index < -0.39 is 11.9 Å². The second-order valence-corrected chi connectivity index (χ2v) is 5.05. The van der Waals surface area contributed by atoms with Crippen LogP contribution in [0, 0.1) is 0 Å². The number of methoxy groups -OCH3 is 1.